The van der Waals surface area contributed by atoms with Crippen LogP contribution < -0.4 is 5.32 Å². The Morgan fingerprint density at radius 2 is 2.24 bits per heavy atom. The van der Waals surface area contributed by atoms with Crippen LogP contribution in [-0.4, -0.2) is 24.9 Å². The van der Waals surface area contributed by atoms with E-state index in [0.29, 0.717) is 12.3 Å². The van der Waals surface area contributed by atoms with Crippen molar-refractivity contribution in [3.05, 3.63) is 17.5 Å². The van der Waals surface area contributed by atoms with Gasteiger partial charge in [-0.2, -0.15) is 13.2 Å². The second-order valence-electron chi connectivity index (χ2n) is 4.41. The third kappa shape index (κ3) is 3.00. The van der Waals surface area contributed by atoms with Crippen LogP contribution >= 0.6 is 0 Å². The second kappa shape index (κ2) is 4.68. The fraction of sp³-hybridized carbons (Fsp3) is 0.727. The van der Waals surface area contributed by atoms with Gasteiger partial charge in [0.1, 0.15) is 11.7 Å². The van der Waals surface area contributed by atoms with E-state index in [1.807, 2.05) is 0 Å². The summed E-state index contributed by atoms with van der Waals surface area (Å²) in [7, 11) is 1.63. The molecule has 1 aliphatic carbocycles. The highest BCUT2D eigenvalue weighted by molar-refractivity contribution is 5.18. The maximum atomic E-state index is 12.8. The van der Waals surface area contributed by atoms with Crippen LogP contribution in [0.15, 0.2) is 10.6 Å². The lowest BCUT2D eigenvalue weighted by Gasteiger charge is -2.17. The van der Waals surface area contributed by atoms with E-state index in [2.05, 4.69) is 10.5 Å². The minimum absolute atomic E-state index is 0.00894. The molecule has 1 aliphatic rings. The summed E-state index contributed by atoms with van der Waals surface area (Å²) in [5.41, 5.74) is 0.00894. The van der Waals surface area contributed by atoms with E-state index < -0.39 is 12.1 Å². The van der Waals surface area contributed by atoms with E-state index in [1.165, 1.54) is 6.07 Å². The highest BCUT2D eigenvalue weighted by Crippen LogP contribution is 2.43. The lowest BCUT2D eigenvalue weighted by atomic mass is 10.0. The van der Waals surface area contributed by atoms with E-state index in [-0.39, 0.29) is 18.0 Å². The molecule has 1 heterocycles. The zero-order valence-corrected chi connectivity index (χ0v) is 9.55. The Labute approximate surface area is 97.4 Å². The zero-order valence-electron chi connectivity index (χ0n) is 9.55. The summed E-state index contributed by atoms with van der Waals surface area (Å²) in [6, 6.07) is 1.46. The predicted molar refractivity (Wildman–Crippen MR) is 55.8 cm³/mol. The number of alkyl halides is 3. The molecule has 2 rings (SSSR count). The summed E-state index contributed by atoms with van der Waals surface area (Å²) in [6.45, 7) is 0.301. The number of nitrogens with one attached hydrogen (secondary N) is 1. The third-order valence-corrected chi connectivity index (χ3v) is 2.96. The van der Waals surface area contributed by atoms with Crippen molar-refractivity contribution in [3.63, 3.8) is 0 Å². The molecular weight excluding hydrogens is 233 g/mol. The van der Waals surface area contributed by atoms with Gasteiger partial charge in [0.05, 0.1) is 5.69 Å². The third-order valence-electron chi connectivity index (χ3n) is 2.96. The molecule has 0 aromatic carbocycles. The van der Waals surface area contributed by atoms with Crippen LogP contribution in [0.1, 0.15) is 42.6 Å². The average molecular weight is 248 g/mol. The number of hydrogen-bond acceptors (Lipinski definition) is 3. The van der Waals surface area contributed by atoms with Crippen molar-refractivity contribution < 1.29 is 17.7 Å². The molecular formula is C11H15F3N2O. The summed E-state index contributed by atoms with van der Waals surface area (Å²) in [5, 5.41) is 6.30. The summed E-state index contributed by atoms with van der Waals surface area (Å²) in [5.74, 6) is -0.653. The predicted octanol–water partition coefficient (Wildman–Crippen LogP) is 2.81. The Balaban J connectivity index is 2.12. The standard InChI is InChI=1S/C11H15F3N2O/c1-15-5-4-8(11(12,13)14)9-6-10(17-16-9)7-2-3-7/h6-8,15H,2-5H2,1H3. The van der Waals surface area contributed by atoms with Crippen LogP contribution in [0.25, 0.3) is 0 Å². The smallest absolute Gasteiger partial charge is 0.361 e. The monoisotopic (exact) mass is 248 g/mol. The van der Waals surface area contributed by atoms with Crippen molar-refractivity contribution >= 4 is 0 Å². The highest BCUT2D eigenvalue weighted by Gasteiger charge is 2.42. The molecule has 1 fully saturated rings. The molecule has 1 aromatic rings. The first kappa shape index (κ1) is 12.4. The van der Waals surface area contributed by atoms with Crippen LogP contribution in [-0.2, 0) is 0 Å². The molecule has 0 aliphatic heterocycles. The Hall–Kier alpha value is -1.04. The SMILES string of the molecule is CNCCC(c1cc(C2CC2)on1)C(F)(F)F. The van der Waals surface area contributed by atoms with E-state index in [1.54, 1.807) is 7.05 Å². The molecule has 1 unspecified atom stereocenters. The first-order valence-corrected chi connectivity index (χ1v) is 5.70. The van der Waals surface area contributed by atoms with Gasteiger partial charge in [-0.3, -0.25) is 0 Å². The topological polar surface area (TPSA) is 38.1 Å². The lowest BCUT2D eigenvalue weighted by molar-refractivity contribution is -0.152. The van der Waals surface area contributed by atoms with Crippen LogP contribution in [0.3, 0.4) is 0 Å². The van der Waals surface area contributed by atoms with Crippen LogP contribution in [0.4, 0.5) is 13.2 Å². The number of rotatable bonds is 5. The van der Waals surface area contributed by atoms with Crippen LogP contribution in [0.5, 0.6) is 0 Å². The van der Waals surface area contributed by atoms with Crippen molar-refractivity contribution in [2.75, 3.05) is 13.6 Å². The molecule has 3 nitrogen and oxygen atoms in total. The maximum absolute atomic E-state index is 12.8. The zero-order chi connectivity index (χ0) is 12.5. The van der Waals surface area contributed by atoms with Crippen molar-refractivity contribution in [3.8, 4) is 0 Å². The van der Waals surface area contributed by atoms with Gasteiger partial charge in [0.25, 0.3) is 0 Å². The number of nitrogens with zero attached hydrogens (tertiary/aromatic N) is 1. The maximum Gasteiger partial charge on any atom is 0.397 e. The van der Waals surface area contributed by atoms with E-state index in [4.69, 9.17) is 4.52 Å². The fourth-order valence-electron chi connectivity index (χ4n) is 1.80. The molecule has 0 radical (unpaired) electrons. The fourth-order valence-corrected chi connectivity index (χ4v) is 1.80. The Morgan fingerprint density at radius 1 is 1.53 bits per heavy atom. The molecule has 1 aromatic heterocycles. The van der Waals surface area contributed by atoms with E-state index in [0.717, 1.165) is 12.8 Å². The highest BCUT2D eigenvalue weighted by atomic mass is 19.4. The van der Waals surface area contributed by atoms with Gasteiger partial charge in [0, 0.05) is 12.0 Å². The second-order valence-corrected chi connectivity index (χ2v) is 4.41. The normalized spacial score (nSPS) is 18.4. The quantitative estimate of drug-likeness (QED) is 0.870. The summed E-state index contributed by atoms with van der Waals surface area (Å²) >= 11 is 0. The van der Waals surface area contributed by atoms with Gasteiger partial charge in [-0.05, 0) is 32.9 Å². The van der Waals surface area contributed by atoms with Gasteiger partial charge in [0.15, 0.2) is 0 Å². The number of halogens is 3. The number of hydrogen-bond donors (Lipinski definition) is 1. The molecule has 0 amide bonds. The molecule has 1 saturated carbocycles. The first-order valence-electron chi connectivity index (χ1n) is 5.70. The first-order chi connectivity index (χ1) is 8.02. The Kier molecular flexibility index (Phi) is 3.42. The molecule has 1 N–H and O–H groups in total. The average Bonchev–Trinajstić information content (AvgIpc) is 2.98. The Morgan fingerprint density at radius 3 is 2.76 bits per heavy atom. The van der Waals surface area contributed by atoms with Crippen molar-refractivity contribution in [2.24, 2.45) is 0 Å². The Bertz CT molecular complexity index is 371. The minimum atomic E-state index is -4.27. The van der Waals surface area contributed by atoms with E-state index >= 15 is 0 Å². The largest absolute Gasteiger partial charge is 0.397 e. The molecule has 1 atom stereocenters. The van der Waals surface area contributed by atoms with Crippen molar-refractivity contribution in [1.29, 1.82) is 0 Å². The van der Waals surface area contributed by atoms with E-state index in [9.17, 15) is 13.2 Å². The summed E-state index contributed by atoms with van der Waals surface area (Å²) < 4.78 is 43.5. The van der Waals surface area contributed by atoms with Crippen molar-refractivity contribution in [1.82, 2.24) is 10.5 Å². The van der Waals surface area contributed by atoms with Crippen LogP contribution in [0, 0.1) is 0 Å². The van der Waals surface area contributed by atoms with Gasteiger partial charge < -0.3 is 9.84 Å². The van der Waals surface area contributed by atoms with Gasteiger partial charge >= 0.3 is 6.18 Å². The van der Waals surface area contributed by atoms with Gasteiger partial charge in [-0.15, -0.1) is 0 Å². The van der Waals surface area contributed by atoms with Gasteiger partial charge in [0.2, 0.25) is 0 Å². The van der Waals surface area contributed by atoms with Gasteiger partial charge in [-0.25, -0.2) is 0 Å². The molecule has 0 bridgehead atoms. The summed E-state index contributed by atoms with van der Waals surface area (Å²) in [4.78, 5) is 0. The molecule has 17 heavy (non-hydrogen) atoms. The summed E-state index contributed by atoms with van der Waals surface area (Å²) in [6.07, 6.45) is -2.31. The lowest BCUT2D eigenvalue weighted by Crippen LogP contribution is -2.24. The minimum Gasteiger partial charge on any atom is -0.361 e. The molecule has 0 saturated heterocycles. The molecule has 6 heteroatoms. The number of aromatic nitrogens is 1. The van der Waals surface area contributed by atoms with Crippen LogP contribution in [0.2, 0.25) is 0 Å². The molecule has 96 valence electrons. The van der Waals surface area contributed by atoms with Crippen molar-refractivity contribution in [2.45, 2.75) is 37.3 Å². The molecule has 0 spiro atoms. The van der Waals surface area contributed by atoms with Gasteiger partial charge in [-0.1, -0.05) is 5.16 Å².